The maximum atomic E-state index is 0. The Labute approximate surface area is 72.7 Å². The molecule has 4 heavy (non-hydrogen) atoms. The molecule has 0 fully saturated rings. The van der Waals surface area contributed by atoms with Crippen molar-refractivity contribution in [3.63, 3.8) is 0 Å². The molecule has 33 valence electrons. The summed E-state index contributed by atoms with van der Waals surface area (Å²) in [7, 11) is 0. The van der Waals surface area contributed by atoms with Gasteiger partial charge in [0, 0.05) is 73.5 Å². The van der Waals surface area contributed by atoms with Gasteiger partial charge >= 0.3 is 0 Å². The van der Waals surface area contributed by atoms with E-state index < -0.39 is 0 Å². The Hall–Kier alpha value is 2.30. The van der Waals surface area contributed by atoms with Gasteiger partial charge in [-0.3, -0.25) is 0 Å². The number of hydrogen-bond donors (Lipinski definition) is 0. The first-order valence-electron chi connectivity index (χ1n) is 0. The molecule has 0 nitrogen and oxygen atoms in total. The van der Waals surface area contributed by atoms with Crippen LogP contribution in [-0.4, -0.2) is 0 Å². The molecule has 0 spiro atoms. The zero-order valence-electron chi connectivity index (χ0n) is 1.40. The second-order valence-electron chi connectivity index (χ2n) is 0. The van der Waals surface area contributed by atoms with Crippen LogP contribution in [0.2, 0.25) is 0 Å². The molecule has 0 N–H and O–H groups in total. The quantitative estimate of drug-likeness (QED) is 0.501. The third-order valence-corrected chi connectivity index (χ3v) is 0. The van der Waals surface area contributed by atoms with Crippen LogP contribution in [-0.2, 0) is 73.5 Å². The maximum Gasteiger partial charge on any atom is 0 e. The van der Waals surface area contributed by atoms with Crippen molar-refractivity contribution in [3.05, 3.63) is 0 Å². The molecule has 0 aromatic rings. The van der Waals surface area contributed by atoms with Crippen LogP contribution in [0, 0.1) is 0 Å². The van der Waals surface area contributed by atoms with Gasteiger partial charge in [0.25, 0.3) is 0 Å². The van der Waals surface area contributed by atoms with Crippen LogP contribution in [0.25, 0.3) is 0 Å². The molecule has 4 heteroatoms. The van der Waals surface area contributed by atoms with Crippen LogP contribution in [0.15, 0.2) is 0 Å². The molecule has 0 amide bonds. The van der Waals surface area contributed by atoms with Crippen molar-refractivity contribution in [3.8, 4) is 0 Å². The summed E-state index contributed by atoms with van der Waals surface area (Å²) >= 11 is 0. The fraction of sp³-hybridized carbons (Fsp3) is 0. The smallest absolute Gasteiger partial charge is 0 e. The molecule has 0 aromatic carbocycles. The van der Waals surface area contributed by atoms with Crippen molar-refractivity contribution in [2.24, 2.45) is 0 Å². The number of rotatable bonds is 0. The summed E-state index contributed by atoms with van der Waals surface area (Å²) in [5.41, 5.74) is 0. The van der Waals surface area contributed by atoms with Crippen LogP contribution in [0.3, 0.4) is 0 Å². The molecule has 0 aliphatic rings. The first-order valence-corrected chi connectivity index (χ1v) is 0. The molecule has 0 aromatic heterocycles. The first kappa shape index (κ1) is 33.5. The molecular weight excluding hydrogens is 402 g/mol. The monoisotopic (exact) mass is 403 g/mol. The van der Waals surface area contributed by atoms with Crippen molar-refractivity contribution >= 4 is 0 Å². The Morgan fingerprint density at radius 2 is 1.00 bits per heavy atom. The summed E-state index contributed by atoms with van der Waals surface area (Å²) in [6.45, 7) is 0. The van der Waals surface area contributed by atoms with E-state index >= 15 is 0 Å². The summed E-state index contributed by atoms with van der Waals surface area (Å²) in [5, 5.41) is 0. The van der Waals surface area contributed by atoms with E-state index in [4.69, 9.17) is 0 Å². The van der Waals surface area contributed by atoms with Gasteiger partial charge in [0.1, 0.15) is 0 Å². The summed E-state index contributed by atoms with van der Waals surface area (Å²) in [5.74, 6) is 0. The first-order chi connectivity index (χ1) is 0. The van der Waals surface area contributed by atoms with E-state index in [0.717, 1.165) is 0 Å². The van der Waals surface area contributed by atoms with E-state index in [9.17, 15) is 0 Å². The Kier molecular flexibility index (Phi) is 155. The van der Waals surface area contributed by atoms with Crippen LogP contribution >= 0.6 is 0 Å². The van der Waals surface area contributed by atoms with E-state index in [1.165, 1.54) is 0 Å². The average Bonchev–Trinajstić information content (AvgIpc) is 0. The molecule has 0 saturated carbocycles. The van der Waals surface area contributed by atoms with Crippen molar-refractivity contribution in [2.75, 3.05) is 0 Å². The van der Waals surface area contributed by atoms with Gasteiger partial charge < -0.3 is 0 Å². The van der Waals surface area contributed by atoms with Gasteiger partial charge in [0.15, 0.2) is 0 Å². The third kappa shape index (κ3) is 8.85. The average molecular weight is 402 g/mol. The van der Waals surface area contributed by atoms with E-state index in [0.29, 0.717) is 0 Å². The van der Waals surface area contributed by atoms with Gasteiger partial charge in [-0.25, -0.2) is 0 Å². The van der Waals surface area contributed by atoms with Gasteiger partial charge in [-0.15, -0.1) is 0 Å². The minimum Gasteiger partial charge on any atom is 0 e. The normalized spacial score (nSPS) is 0. The fourth-order valence-electron chi connectivity index (χ4n) is 0. The zero-order chi connectivity index (χ0) is 0. The maximum absolute atomic E-state index is 0. The minimum absolute atomic E-state index is 0. The van der Waals surface area contributed by atoms with E-state index in [2.05, 4.69) is 0 Å². The Morgan fingerprint density at radius 1 is 1.00 bits per heavy atom. The summed E-state index contributed by atoms with van der Waals surface area (Å²) in [4.78, 5) is 0. The van der Waals surface area contributed by atoms with E-state index in [1.807, 2.05) is 0 Å². The molecule has 0 aliphatic heterocycles. The molecule has 0 aliphatic carbocycles. The molecular formula is FeNiReRu. The van der Waals surface area contributed by atoms with Gasteiger partial charge in [-0.1, -0.05) is 0 Å². The van der Waals surface area contributed by atoms with Crippen LogP contribution < -0.4 is 0 Å². The molecule has 0 atom stereocenters. The molecule has 0 rings (SSSR count). The topological polar surface area (TPSA) is 0 Å². The fourth-order valence-corrected chi connectivity index (χ4v) is 0. The van der Waals surface area contributed by atoms with Gasteiger partial charge in [0.05, 0.1) is 0 Å². The third-order valence-electron chi connectivity index (χ3n) is 0. The molecule has 1 radical (unpaired) electrons. The molecule has 0 heterocycles. The van der Waals surface area contributed by atoms with Crippen molar-refractivity contribution in [2.45, 2.75) is 0 Å². The van der Waals surface area contributed by atoms with Crippen LogP contribution in [0.5, 0.6) is 0 Å². The minimum atomic E-state index is 0. The zero-order valence-corrected chi connectivity index (χ0v) is 7.95. The largest absolute Gasteiger partial charge is 0 e. The second-order valence-corrected chi connectivity index (χ2v) is 0. The summed E-state index contributed by atoms with van der Waals surface area (Å²) in [6.07, 6.45) is 0. The Bertz CT molecular complexity index is 8.00. The standard InChI is InChI=1S/Fe.Ni.Re.Ru. The number of hydrogen-bond acceptors (Lipinski definition) is 0. The van der Waals surface area contributed by atoms with Crippen molar-refractivity contribution < 1.29 is 73.5 Å². The SMILES string of the molecule is [Fe].[Ni].[Re].[Ru]. The van der Waals surface area contributed by atoms with E-state index in [1.54, 1.807) is 0 Å². The molecule has 0 bridgehead atoms. The Balaban J connectivity index is 0. The molecule has 0 unspecified atom stereocenters. The van der Waals surface area contributed by atoms with Gasteiger partial charge in [0.2, 0.25) is 0 Å². The van der Waals surface area contributed by atoms with E-state index in [-0.39, 0.29) is 73.5 Å². The van der Waals surface area contributed by atoms with Crippen molar-refractivity contribution in [1.29, 1.82) is 0 Å². The van der Waals surface area contributed by atoms with Crippen LogP contribution in [0.1, 0.15) is 0 Å². The Morgan fingerprint density at radius 3 is 1.00 bits per heavy atom. The predicted octanol–water partition coefficient (Wildman–Crippen LogP) is -0.0100. The second kappa shape index (κ2) is 18.5. The van der Waals surface area contributed by atoms with Crippen molar-refractivity contribution in [1.82, 2.24) is 0 Å². The molecule has 0 saturated heterocycles. The van der Waals surface area contributed by atoms with Crippen LogP contribution in [0.4, 0.5) is 0 Å². The summed E-state index contributed by atoms with van der Waals surface area (Å²) < 4.78 is 0. The van der Waals surface area contributed by atoms with Gasteiger partial charge in [-0.2, -0.15) is 0 Å². The van der Waals surface area contributed by atoms with Gasteiger partial charge in [-0.05, 0) is 0 Å². The summed E-state index contributed by atoms with van der Waals surface area (Å²) in [6, 6.07) is 0. The predicted molar refractivity (Wildman–Crippen MR) is 0 cm³/mol.